The minimum Gasteiger partial charge on any atom is -0.326 e. The molecule has 156 valence electrons. The van der Waals surface area contributed by atoms with E-state index in [9.17, 15) is 9.59 Å². The van der Waals surface area contributed by atoms with Gasteiger partial charge in [0.15, 0.2) is 11.0 Å². The first-order chi connectivity index (χ1) is 14.4. The lowest BCUT2D eigenvalue weighted by molar-refractivity contribution is -0.114. The molecule has 0 unspecified atom stereocenters. The molecule has 0 aliphatic rings. The Kier molecular flexibility index (Phi) is 7.12. The number of amides is 2. The third-order valence-electron chi connectivity index (χ3n) is 4.20. The van der Waals surface area contributed by atoms with Crippen LogP contribution in [0.1, 0.15) is 19.4 Å². The maximum atomic E-state index is 12.5. The third-order valence-corrected chi connectivity index (χ3v) is 5.50. The largest absolute Gasteiger partial charge is 0.326 e. The Hall–Kier alpha value is -2.84. The molecular formula is C21H22ClN5O2S. The maximum Gasteiger partial charge on any atom is 0.234 e. The molecule has 1 heterocycles. The molecule has 30 heavy (non-hydrogen) atoms. The number of nitrogens with zero attached hydrogens (tertiary/aromatic N) is 3. The van der Waals surface area contributed by atoms with Crippen LogP contribution in [0.15, 0.2) is 47.6 Å². The Balaban J connectivity index is 1.69. The number of aryl methyl sites for hydroxylation is 1. The molecule has 7 nitrogen and oxygen atoms in total. The van der Waals surface area contributed by atoms with Crippen LogP contribution in [-0.2, 0) is 16.1 Å². The van der Waals surface area contributed by atoms with Crippen molar-refractivity contribution in [1.82, 2.24) is 14.8 Å². The van der Waals surface area contributed by atoms with Gasteiger partial charge in [-0.3, -0.25) is 9.59 Å². The molecule has 2 N–H and O–H groups in total. The molecule has 0 atom stereocenters. The van der Waals surface area contributed by atoms with Gasteiger partial charge in [-0.15, -0.1) is 10.2 Å². The normalized spacial score (nSPS) is 10.7. The van der Waals surface area contributed by atoms with Crippen LogP contribution in [0, 0.1) is 6.92 Å². The highest BCUT2D eigenvalue weighted by Crippen LogP contribution is 2.27. The van der Waals surface area contributed by atoms with E-state index < -0.39 is 0 Å². The van der Waals surface area contributed by atoms with E-state index in [2.05, 4.69) is 26.9 Å². The Morgan fingerprint density at radius 2 is 1.93 bits per heavy atom. The molecule has 0 spiro atoms. The van der Waals surface area contributed by atoms with Gasteiger partial charge in [0.05, 0.1) is 16.5 Å². The molecular weight excluding hydrogens is 422 g/mol. The predicted octanol–water partition coefficient (Wildman–Crippen LogP) is 4.62. The Morgan fingerprint density at radius 3 is 2.63 bits per heavy atom. The quantitative estimate of drug-likeness (QED) is 0.520. The molecule has 2 amide bonds. The highest BCUT2D eigenvalue weighted by Gasteiger charge is 2.15. The molecule has 0 saturated heterocycles. The topological polar surface area (TPSA) is 88.9 Å². The van der Waals surface area contributed by atoms with Gasteiger partial charge in [-0.25, -0.2) is 0 Å². The summed E-state index contributed by atoms with van der Waals surface area (Å²) in [5.74, 6) is 0.486. The van der Waals surface area contributed by atoms with Crippen molar-refractivity contribution in [2.75, 3.05) is 16.4 Å². The zero-order chi connectivity index (χ0) is 21.7. The summed E-state index contributed by atoms with van der Waals surface area (Å²) in [7, 11) is 0. The van der Waals surface area contributed by atoms with Gasteiger partial charge in [-0.1, -0.05) is 47.1 Å². The second-order valence-corrected chi connectivity index (χ2v) is 7.98. The fourth-order valence-electron chi connectivity index (χ4n) is 2.90. The number of hydrogen-bond acceptors (Lipinski definition) is 5. The first-order valence-electron chi connectivity index (χ1n) is 9.37. The van der Waals surface area contributed by atoms with Crippen LogP contribution < -0.4 is 10.6 Å². The average molecular weight is 444 g/mol. The lowest BCUT2D eigenvalue weighted by Gasteiger charge is -2.10. The number of anilines is 2. The molecule has 0 saturated carbocycles. The minimum atomic E-state index is -0.232. The van der Waals surface area contributed by atoms with Crippen molar-refractivity contribution in [2.24, 2.45) is 0 Å². The summed E-state index contributed by atoms with van der Waals surface area (Å²) in [5, 5.41) is 15.1. The highest BCUT2D eigenvalue weighted by atomic mass is 35.5. The zero-order valence-electron chi connectivity index (χ0n) is 16.9. The van der Waals surface area contributed by atoms with Gasteiger partial charge < -0.3 is 15.2 Å². The van der Waals surface area contributed by atoms with Crippen LogP contribution in [0.4, 0.5) is 11.4 Å². The molecule has 0 aliphatic heterocycles. The van der Waals surface area contributed by atoms with Gasteiger partial charge >= 0.3 is 0 Å². The van der Waals surface area contributed by atoms with E-state index in [-0.39, 0.29) is 17.6 Å². The third kappa shape index (κ3) is 5.40. The number of rotatable bonds is 7. The smallest absolute Gasteiger partial charge is 0.234 e. The summed E-state index contributed by atoms with van der Waals surface area (Å²) in [5.41, 5.74) is 3.13. The van der Waals surface area contributed by atoms with Crippen molar-refractivity contribution >= 4 is 46.6 Å². The number of halogens is 1. The van der Waals surface area contributed by atoms with E-state index in [1.807, 2.05) is 36.6 Å². The molecule has 3 rings (SSSR count). The van der Waals surface area contributed by atoms with Crippen LogP contribution in [-0.4, -0.2) is 32.3 Å². The fourth-order valence-corrected chi connectivity index (χ4v) is 3.86. The molecule has 9 heteroatoms. The molecule has 0 radical (unpaired) electrons. The molecule has 0 fully saturated rings. The number of nitrogens with one attached hydrogen (secondary N) is 2. The zero-order valence-corrected chi connectivity index (χ0v) is 18.5. The standard InChI is InChI=1S/C21H22ClN5O2S/c1-4-27-20(15-7-5-6-13(2)10-15)25-26-21(27)30-12-19(29)24-18-11-16(23-14(3)28)8-9-17(18)22/h5-11H,4,12H2,1-3H3,(H,23,28)(H,24,29). The lowest BCUT2D eigenvalue weighted by Crippen LogP contribution is -2.15. The molecule has 2 aromatic carbocycles. The van der Waals surface area contributed by atoms with E-state index in [0.717, 1.165) is 17.0 Å². The van der Waals surface area contributed by atoms with Gasteiger partial charge in [0.1, 0.15) is 0 Å². The average Bonchev–Trinajstić information content (AvgIpc) is 3.11. The van der Waals surface area contributed by atoms with Gasteiger partial charge in [-0.2, -0.15) is 0 Å². The van der Waals surface area contributed by atoms with Crippen molar-refractivity contribution in [3.8, 4) is 11.4 Å². The Labute approximate surface area is 184 Å². The highest BCUT2D eigenvalue weighted by molar-refractivity contribution is 7.99. The van der Waals surface area contributed by atoms with E-state index in [0.29, 0.717) is 28.1 Å². The van der Waals surface area contributed by atoms with Crippen LogP contribution in [0.2, 0.25) is 5.02 Å². The number of aromatic nitrogens is 3. The number of carbonyl (C=O) groups excluding carboxylic acids is 2. The molecule has 0 aliphatic carbocycles. The first kappa shape index (κ1) is 21.9. The predicted molar refractivity (Wildman–Crippen MR) is 121 cm³/mol. The summed E-state index contributed by atoms with van der Waals surface area (Å²) >= 11 is 7.47. The number of hydrogen-bond donors (Lipinski definition) is 2. The number of benzene rings is 2. The summed E-state index contributed by atoms with van der Waals surface area (Å²) in [6, 6.07) is 13.0. The van der Waals surface area contributed by atoms with Crippen molar-refractivity contribution in [2.45, 2.75) is 32.5 Å². The van der Waals surface area contributed by atoms with E-state index in [1.54, 1.807) is 18.2 Å². The monoisotopic (exact) mass is 443 g/mol. The second kappa shape index (κ2) is 9.77. The second-order valence-electron chi connectivity index (χ2n) is 6.63. The van der Waals surface area contributed by atoms with Crippen LogP contribution >= 0.6 is 23.4 Å². The molecule has 1 aromatic heterocycles. The van der Waals surface area contributed by atoms with Crippen molar-refractivity contribution in [3.63, 3.8) is 0 Å². The Morgan fingerprint density at radius 1 is 1.13 bits per heavy atom. The van der Waals surface area contributed by atoms with Gasteiger partial charge in [0.2, 0.25) is 11.8 Å². The van der Waals surface area contributed by atoms with Crippen molar-refractivity contribution in [3.05, 3.63) is 53.1 Å². The van der Waals surface area contributed by atoms with Crippen molar-refractivity contribution < 1.29 is 9.59 Å². The summed E-state index contributed by atoms with van der Waals surface area (Å²) in [4.78, 5) is 23.7. The fraction of sp³-hybridized carbons (Fsp3) is 0.238. The van der Waals surface area contributed by atoms with E-state index >= 15 is 0 Å². The minimum absolute atomic E-state index is 0.145. The lowest BCUT2D eigenvalue weighted by atomic mass is 10.1. The summed E-state index contributed by atoms with van der Waals surface area (Å²) in [6.45, 7) is 6.14. The molecule has 0 bridgehead atoms. The first-order valence-corrected chi connectivity index (χ1v) is 10.7. The number of carbonyl (C=O) groups is 2. The van der Waals surface area contributed by atoms with Gasteiger partial charge in [-0.05, 0) is 38.1 Å². The summed E-state index contributed by atoms with van der Waals surface area (Å²) in [6.07, 6.45) is 0. The van der Waals surface area contributed by atoms with Gasteiger partial charge in [0.25, 0.3) is 0 Å². The van der Waals surface area contributed by atoms with Crippen LogP contribution in [0.3, 0.4) is 0 Å². The molecule has 3 aromatic rings. The van der Waals surface area contributed by atoms with E-state index in [1.165, 1.54) is 18.7 Å². The summed E-state index contributed by atoms with van der Waals surface area (Å²) < 4.78 is 1.98. The van der Waals surface area contributed by atoms with Crippen LogP contribution in [0.25, 0.3) is 11.4 Å². The van der Waals surface area contributed by atoms with Gasteiger partial charge in [0, 0.05) is 24.7 Å². The van der Waals surface area contributed by atoms with Crippen LogP contribution in [0.5, 0.6) is 0 Å². The van der Waals surface area contributed by atoms with Crippen molar-refractivity contribution in [1.29, 1.82) is 0 Å². The van der Waals surface area contributed by atoms with E-state index in [4.69, 9.17) is 11.6 Å². The maximum absolute atomic E-state index is 12.5. The SMILES string of the molecule is CCn1c(SCC(=O)Nc2cc(NC(C)=O)ccc2Cl)nnc1-c1cccc(C)c1. The Bertz CT molecular complexity index is 1080. The number of thioether (sulfide) groups is 1.